The fourth-order valence-corrected chi connectivity index (χ4v) is 3.72. The van der Waals surface area contributed by atoms with Crippen molar-refractivity contribution in [3.8, 4) is 11.5 Å². The molecule has 2 aromatic carbocycles. The number of carbonyl (C=O) groups is 1. The van der Waals surface area contributed by atoms with E-state index < -0.39 is 17.6 Å². The molecule has 0 unspecified atom stereocenters. The number of carbonyl (C=O) groups excluding carboxylic acids is 1. The molecular formula is C25H25BrF2N2O4. The molecule has 3 aromatic rings. The van der Waals surface area contributed by atoms with Gasteiger partial charge >= 0.3 is 11.9 Å². The molecule has 0 fully saturated rings. The quantitative estimate of drug-likeness (QED) is 0.245. The summed E-state index contributed by atoms with van der Waals surface area (Å²) in [6.07, 6.45) is 0. The maximum Gasteiger partial charge on any atom is 0.384 e. The number of hydrogen-bond acceptors (Lipinski definition) is 6. The predicted molar refractivity (Wildman–Crippen MR) is 128 cm³/mol. The maximum absolute atomic E-state index is 14.8. The lowest BCUT2D eigenvalue weighted by Gasteiger charge is -2.27. The third-order valence-corrected chi connectivity index (χ3v) is 5.47. The van der Waals surface area contributed by atoms with Crippen LogP contribution in [0.2, 0.25) is 0 Å². The Morgan fingerprint density at radius 3 is 1.88 bits per heavy atom. The molecule has 0 spiro atoms. The number of pyridine rings is 1. The highest BCUT2D eigenvalue weighted by Gasteiger charge is 2.45. The minimum atomic E-state index is -3.89. The van der Waals surface area contributed by atoms with Crippen molar-refractivity contribution in [2.24, 2.45) is 0 Å². The number of anilines is 1. The summed E-state index contributed by atoms with van der Waals surface area (Å²) >= 11 is 3.21. The van der Waals surface area contributed by atoms with E-state index in [9.17, 15) is 13.6 Å². The molecule has 34 heavy (non-hydrogen) atoms. The highest BCUT2D eigenvalue weighted by Crippen LogP contribution is 2.33. The molecule has 0 N–H and O–H groups in total. The van der Waals surface area contributed by atoms with E-state index >= 15 is 0 Å². The van der Waals surface area contributed by atoms with Crippen LogP contribution >= 0.6 is 15.9 Å². The first kappa shape index (κ1) is 25.4. The van der Waals surface area contributed by atoms with Gasteiger partial charge in [0, 0.05) is 18.8 Å². The number of benzene rings is 2. The van der Waals surface area contributed by atoms with Crippen molar-refractivity contribution in [1.29, 1.82) is 0 Å². The molecule has 0 aliphatic rings. The van der Waals surface area contributed by atoms with Gasteiger partial charge in [-0.15, -0.1) is 0 Å². The summed E-state index contributed by atoms with van der Waals surface area (Å²) in [5.41, 5.74) is 1.67. The Kier molecular flexibility index (Phi) is 8.44. The number of alkyl halides is 2. The molecule has 6 nitrogen and oxygen atoms in total. The van der Waals surface area contributed by atoms with E-state index in [-0.39, 0.29) is 11.2 Å². The number of esters is 1. The number of methoxy groups -OCH3 is 2. The van der Waals surface area contributed by atoms with Crippen molar-refractivity contribution >= 4 is 27.6 Å². The predicted octanol–water partition coefficient (Wildman–Crippen LogP) is 5.72. The number of aromatic nitrogens is 1. The average molecular weight is 535 g/mol. The van der Waals surface area contributed by atoms with Crippen molar-refractivity contribution in [3.63, 3.8) is 0 Å². The van der Waals surface area contributed by atoms with Gasteiger partial charge in [-0.1, -0.05) is 24.3 Å². The fourth-order valence-electron chi connectivity index (χ4n) is 3.29. The Morgan fingerprint density at radius 1 is 0.941 bits per heavy atom. The molecule has 1 heterocycles. The summed E-state index contributed by atoms with van der Waals surface area (Å²) in [7, 11) is 3.18. The molecule has 3 rings (SSSR count). The third-order valence-electron chi connectivity index (χ3n) is 5.06. The van der Waals surface area contributed by atoms with Crippen LogP contribution < -0.4 is 14.4 Å². The lowest BCUT2D eigenvalue weighted by molar-refractivity contribution is -0.173. The Bertz CT molecular complexity index is 1060. The molecule has 180 valence electrons. The van der Waals surface area contributed by atoms with Crippen LogP contribution in [-0.4, -0.2) is 31.8 Å². The highest BCUT2D eigenvalue weighted by molar-refractivity contribution is 9.10. The van der Waals surface area contributed by atoms with E-state index in [1.165, 1.54) is 13.0 Å². The van der Waals surface area contributed by atoms with Gasteiger partial charge in [-0.05, 0) is 70.4 Å². The normalized spacial score (nSPS) is 11.1. The van der Waals surface area contributed by atoms with Crippen LogP contribution in [0.4, 0.5) is 14.5 Å². The van der Waals surface area contributed by atoms with Crippen molar-refractivity contribution in [1.82, 2.24) is 4.98 Å². The van der Waals surface area contributed by atoms with E-state index in [1.807, 2.05) is 53.4 Å². The number of halogens is 3. The summed E-state index contributed by atoms with van der Waals surface area (Å²) in [5.74, 6) is -4.09. The molecule has 0 aliphatic carbocycles. The van der Waals surface area contributed by atoms with Crippen LogP contribution in [0, 0.1) is 0 Å². The van der Waals surface area contributed by atoms with Gasteiger partial charge in [-0.3, -0.25) is 0 Å². The topological polar surface area (TPSA) is 60.9 Å². The molecule has 0 amide bonds. The van der Waals surface area contributed by atoms with Crippen molar-refractivity contribution in [2.75, 3.05) is 25.7 Å². The summed E-state index contributed by atoms with van der Waals surface area (Å²) in [4.78, 5) is 17.7. The first-order chi connectivity index (χ1) is 16.3. The summed E-state index contributed by atoms with van der Waals surface area (Å²) in [6.45, 7) is 2.14. The zero-order valence-electron chi connectivity index (χ0n) is 19.1. The highest BCUT2D eigenvalue weighted by atomic mass is 79.9. The Morgan fingerprint density at radius 2 is 1.44 bits per heavy atom. The fraction of sp³-hybridized carbons (Fsp3) is 0.280. The third kappa shape index (κ3) is 6.22. The van der Waals surface area contributed by atoms with E-state index in [4.69, 9.17) is 9.47 Å². The minimum Gasteiger partial charge on any atom is -0.497 e. The van der Waals surface area contributed by atoms with Gasteiger partial charge < -0.3 is 19.1 Å². The summed E-state index contributed by atoms with van der Waals surface area (Å²) in [6, 6.07) is 17.8. The first-order valence-corrected chi connectivity index (χ1v) is 11.3. The number of nitrogens with zero attached hydrogens (tertiary/aromatic N) is 2. The molecule has 0 radical (unpaired) electrons. The van der Waals surface area contributed by atoms with E-state index in [0.29, 0.717) is 30.3 Å². The lowest BCUT2D eigenvalue weighted by atomic mass is 10.1. The van der Waals surface area contributed by atoms with Crippen LogP contribution in [0.1, 0.15) is 23.7 Å². The van der Waals surface area contributed by atoms with E-state index in [0.717, 1.165) is 11.1 Å². The van der Waals surface area contributed by atoms with Crippen LogP contribution in [-0.2, 0) is 28.5 Å². The van der Waals surface area contributed by atoms with Crippen LogP contribution in [0.5, 0.6) is 11.5 Å². The standard InChI is InChI=1S/C25H25BrF2N2O4/c1-4-34-24(31)25(27,28)22-13-19(14-23(26)29-22)30(15-17-5-9-20(32-2)10-6-17)16-18-7-11-21(33-3)12-8-18/h5-14H,4,15-16H2,1-3H3. The van der Waals surface area contributed by atoms with Gasteiger partial charge in [0.15, 0.2) is 0 Å². The zero-order valence-corrected chi connectivity index (χ0v) is 20.6. The van der Waals surface area contributed by atoms with E-state index in [1.54, 1.807) is 20.3 Å². The van der Waals surface area contributed by atoms with Crippen LogP contribution in [0.3, 0.4) is 0 Å². The molecule has 0 saturated carbocycles. The molecule has 0 saturated heterocycles. The molecule has 9 heteroatoms. The number of ether oxygens (including phenoxy) is 3. The Hall–Kier alpha value is -3.20. The van der Waals surface area contributed by atoms with Gasteiger partial charge in [-0.25, -0.2) is 9.78 Å². The Labute approximate surface area is 205 Å². The van der Waals surface area contributed by atoms with E-state index in [2.05, 4.69) is 25.7 Å². The SMILES string of the molecule is CCOC(=O)C(F)(F)c1cc(N(Cc2ccc(OC)cc2)Cc2ccc(OC)cc2)cc(Br)n1. The molecule has 0 aliphatic heterocycles. The molecule has 0 bridgehead atoms. The lowest BCUT2D eigenvalue weighted by Crippen LogP contribution is -2.30. The molecule has 0 atom stereocenters. The van der Waals surface area contributed by atoms with Crippen molar-refractivity contribution in [2.45, 2.75) is 25.9 Å². The second-order valence-electron chi connectivity index (χ2n) is 7.38. The van der Waals surface area contributed by atoms with Gasteiger partial charge in [0.25, 0.3) is 0 Å². The van der Waals surface area contributed by atoms with Crippen LogP contribution in [0.25, 0.3) is 0 Å². The number of rotatable bonds is 10. The summed E-state index contributed by atoms with van der Waals surface area (Å²) < 4.78 is 44.7. The second kappa shape index (κ2) is 11.3. The van der Waals surface area contributed by atoms with Crippen LogP contribution in [0.15, 0.2) is 65.3 Å². The largest absolute Gasteiger partial charge is 0.497 e. The second-order valence-corrected chi connectivity index (χ2v) is 8.19. The number of hydrogen-bond donors (Lipinski definition) is 0. The van der Waals surface area contributed by atoms with Crippen molar-refractivity contribution < 1.29 is 27.8 Å². The summed E-state index contributed by atoms with van der Waals surface area (Å²) in [5, 5.41) is 0. The van der Waals surface area contributed by atoms with Crippen molar-refractivity contribution in [3.05, 3.63) is 82.1 Å². The van der Waals surface area contributed by atoms with Gasteiger partial charge in [0.05, 0.1) is 20.8 Å². The monoisotopic (exact) mass is 534 g/mol. The molecular weight excluding hydrogens is 510 g/mol. The minimum absolute atomic E-state index is 0.156. The van der Waals surface area contributed by atoms with Gasteiger partial charge in [-0.2, -0.15) is 8.78 Å². The first-order valence-electron chi connectivity index (χ1n) is 10.5. The maximum atomic E-state index is 14.8. The van der Waals surface area contributed by atoms with Gasteiger partial charge in [0.1, 0.15) is 21.8 Å². The van der Waals surface area contributed by atoms with Gasteiger partial charge in [0.2, 0.25) is 0 Å². The zero-order chi connectivity index (χ0) is 24.7. The Balaban J connectivity index is 1.99. The average Bonchev–Trinajstić information content (AvgIpc) is 2.84. The molecule has 1 aromatic heterocycles. The smallest absolute Gasteiger partial charge is 0.384 e.